The van der Waals surface area contributed by atoms with E-state index in [0.29, 0.717) is 38.0 Å². The molecule has 0 atom stereocenters. The van der Waals surface area contributed by atoms with Gasteiger partial charge in [-0.05, 0) is 42.7 Å². The van der Waals surface area contributed by atoms with Crippen LogP contribution in [0, 0.1) is 5.82 Å². The Labute approximate surface area is 157 Å². The fraction of sp³-hybridized carbons (Fsp3) is 0.333. The molecular weight excluding hydrogens is 345 g/mol. The topological polar surface area (TPSA) is 58.4 Å². The van der Waals surface area contributed by atoms with Gasteiger partial charge in [0.05, 0.1) is 29.6 Å². The molecule has 6 heteroatoms. The first-order valence-corrected chi connectivity index (χ1v) is 9.18. The summed E-state index contributed by atoms with van der Waals surface area (Å²) in [7, 11) is 0. The highest BCUT2D eigenvalue weighted by Gasteiger charge is 2.34. The molecule has 3 aromatic rings. The minimum atomic E-state index is -0.865. The number of carbonyl (C=O) groups is 1. The number of aromatic nitrogens is 2. The van der Waals surface area contributed by atoms with Crippen LogP contribution >= 0.6 is 0 Å². The van der Waals surface area contributed by atoms with Crippen molar-refractivity contribution in [1.82, 2.24) is 14.5 Å². The lowest BCUT2D eigenvalue weighted by molar-refractivity contribution is -0.135. The zero-order chi connectivity index (χ0) is 18.9. The van der Waals surface area contributed by atoms with Gasteiger partial charge in [-0.15, -0.1) is 0 Å². The largest absolute Gasteiger partial charge is 0.388 e. The van der Waals surface area contributed by atoms with Gasteiger partial charge in [0, 0.05) is 25.5 Å². The van der Waals surface area contributed by atoms with Crippen molar-refractivity contribution in [3.05, 3.63) is 66.2 Å². The van der Waals surface area contributed by atoms with Crippen LogP contribution in [0.3, 0.4) is 0 Å². The molecule has 0 bridgehead atoms. The number of halogens is 1. The van der Waals surface area contributed by atoms with E-state index >= 15 is 0 Å². The normalized spacial score (nSPS) is 16.6. The summed E-state index contributed by atoms with van der Waals surface area (Å²) in [6, 6.07) is 12.2. The van der Waals surface area contributed by atoms with Crippen LogP contribution in [0.4, 0.5) is 4.39 Å². The third-order valence-electron chi connectivity index (χ3n) is 5.35. The fourth-order valence-electron chi connectivity index (χ4n) is 3.72. The fourth-order valence-corrected chi connectivity index (χ4v) is 3.72. The molecule has 1 aliphatic rings. The smallest absolute Gasteiger partial charge is 0.227 e. The number of hydrogen-bond donors (Lipinski definition) is 1. The number of benzene rings is 1. The van der Waals surface area contributed by atoms with E-state index in [1.807, 2.05) is 29.0 Å². The molecule has 4 rings (SSSR count). The zero-order valence-electron chi connectivity index (χ0n) is 15.0. The summed E-state index contributed by atoms with van der Waals surface area (Å²) in [5.74, 6) is -0.453. The van der Waals surface area contributed by atoms with Crippen LogP contribution in [0.25, 0.3) is 11.0 Å². The number of rotatable bonds is 4. The van der Waals surface area contributed by atoms with Crippen molar-refractivity contribution in [1.29, 1.82) is 0 Å². The summed E-state index contributed by atoms with van der Waals surface area (Å²) < 4.78 is 15.8. The van der Waals surface area contributed by atoms with Crippen molar-refractivity contribution in [3.8, 4) is 0 Å². The van der Waals surface area contributed by atoms with Crippen LogP contribution in [0.15, 0.2) is 54.9 Å². The Hall–Kier alpha value is -2.73. The zero-order valence-corrected chi connectivity index (χ0v) is 15.0. The molecule has 0 aliphatic carbocycles. The number of aliphatic hydroxyl groups is 1. The van der Waals surface area contributed by atoms with Crippen LogP contribution in [0.5, 0.6) is 0 Å². The van der Waals surface area contributed by atoms with E-state index < -0.39 is 5.60 Å². The monoisotopic (exact) mass is 367 g/mol. The number of hydrogen-bond acceptors (Lipinski definition) is 3. The van der Waals surface area contributed by atoms with Gasteiger partial charge >= 0.3 is 0 Å². The van der Waals surface area contributed by atoms with Crippen LogP contribution in [-0.2, 0) is 17.8 Å². The lowest BCUT2D eigenvalue weighted by atomic mass is 9.91. The quantitative estimate of drug-likeness (QED) is 0.771. The van der Waals surface area contributed by atoms with E-state index in [1.165, 1.54) is 6.07 Å². The molecule has 3 heterocycles. The third kappa shape index (κ3) is 3.71. The Morgan fingerprint density at radius 1 is 1.15 bits per heavy atom. The third-order valence-corrected chi connectivity index (χ3v) is 5.35. The second kappa shape index (κ2) is 7.12. The van der Waals surface area contributed by atoms with Gasteiger partial charge in [-0.3, -0.25) is 9.78 Å². The second-order valence-electron chi connectivity index (χ2n) is 7.22. The molecule has 2 aromatic heterocycles. The number of piperidine rings is 1. The van der Waals surface area contributed by atoms with Gasteiger partial charge in [-0.2, -0.15) is 0 Å². The maximum atomic E-state index is 13.8. The summed E-state index contributed by atoms with van der Waals surface area (Å²) in [4.78, 5) is 18.5. The number of pyridine rings is 1. The van der Waals surface area contributed by atoms with Gasteiger partial charge in [0.1, 0.15) is 5.82 Å². The van der Waals surface area contributed by atoms with E-state index in [9.17, 15) is 14.3 Å². The van der Waals surface area contributed by atoms with Crippen molar-refractivity contribution < 1.29 is 14.3 Å². The highest BCUT2D eigenvalue weighted by atomic mass is 19.1. The number of likely N-dealkylation sites (tertiary alicyclic amines) is 1. The molecule has 1 fully saturated rings. The van der Waals surface area contributed by atoms with Crippen LogP contribution < -0.4 is 0 Å². The average molecular weight is 367 g/mol. The maximum absolute atomic E-state index is 13.8. The first-order chi connectivity index (χ1) is 13.0. The standard InChI is InChI=1S/C21H22FN3O2/c22-17-5-2-1-4-16(17)14-20(26)24-12-8-21(27,9-13-24)15-25-11-7-18-19(25)6-3-10-23-18/h1-7,10-11,27H,8-9,12-15H2. The molecule has 0 radical (unpaired) electrons. The molecule has 1 N–H and O–H groups in total. The molecule has 1 aromatic carbocycles. The Morgan fingerprint density at radius 3 is 2.70 bits per heavy atom. The van der Waals surface area contributed by atoms with Crippen LogP contribution in [0.1, 0.15) is 18.4 Å². The number of amides is 1. The predicted octanol–water partition coefficient (Wildman–Crippen LogP) is 2.77. The van der Waals surface area contributed by atoms with Crippen molar-refractivity contribution in [2.75, 3.05) is 13.1 Å². The maximum Gasteiger partial charge on any atom is 0.227 e. The summed E-state index contributed by atoms with van der Waals surface area (Å²) in [5.41, 5.74) is 1.44. The molecule has 0 spiro atoms. The van der Waals surface area contributed by atoms with E-state index in [1.54, 1.807) is 29.3 Å². The highest BCUT2D eigenvalue weighted by molar-refractivity contribution is 5.79. The predicted molar refractivity (Wildman–Crippen MR) is 101 cm³/mol. The van der Waals surface area contributed by atoms with E-state index in [-0.39, 0.29) is 18.1 Å². The summed E-state index contributed by atoms with van der Waals surface area (Å²) in [6.07, 6.45) is 4.73. The van der Waals surface area contributed by atoms with E-state index in [0.717, 1.165) is 11.0 Å². The minimum Gasteiger partial charge on any atom is -0.388 e. The van der Waals surface area contributed by atoms with E-state index in [4.69, 9.17) is 0 Å². The molecular formula is C21H22FN3O2. The second-order valence-corrected chi connectivity index (χ2v) is 7.22. The number of nitrogens with zero attached hydrogens (tertiary/aromatic N) is 3. The minimum absolute atomic E-state index is 0.0546. The summed E-state index contributed by atoms with van der Waals surface area (Å²) in [6.45, 7) is 1.42. The first kappa shape index (κ1) is 17.7. The molecule has 1 saturated heterocycles. The van der Waals surface area contributed by atoms with Crippen molar-refractivity contribution in [2.24, 2.45) is 0 Å². The summed E-state index contributed by atoms with van der Waals surface area (Å²) in [5, 5.41) is 11.0. The SMILES string of the molecule is O=C(Cc1ccccc1F)N1CCC(O)(Cn2ccc3ncccc32)CC1. The Morgan fingerprint density at radius 2 is 1.93 bits per heavy atom. The van der Waals surface area contributed by atoms with Gasteiger partial charge in [-0.1, -0.05) is 18.2 Å². The molecule has 0 unspecified atom stereocenters. The van der Waals surface area contributed by atoms with Crippen molar-refractivity contribution in [2.45, 2.75) is 31.4 Å². The summed E-state index contributed by atoms with van der Waals surface area (Å²) >= 11 is 0. The van der Waals surface area contributed by atoms with Crippen LogP contribution in [0.2, 0.25) is 0 Å². The van der Waals surface area contributed by atoms with Crippen molar-refractivity contribution >= 4 is 16.9 Å². The van der Waals surface area contributed by atoms with E-state index in [2.05, 4.69) is 4.98 Å². The Balaban J connectivity index is 1.39. The molecule has 1 aliphatic heterocycles. The molecule has 0 saturated carbocycles. The average Bonchev–Trinajstić information content (AvgIpc) is 3.07. The number of carbonyl (C=O) groups excluding carboxylic acids is 1. The van der Waals surface area contributed by atoms with Gasteiger partial charge < -0.3 is 14.6 Å². The molecule has 5 nitrogen and oxygen atoms in total. The highest BCUT2D eigenvalue weighted by Crippen LogP contribution is 2.26. The van der Waals surface area contributed by atoms with Crippen molar-refractivity contribution in [3.63, 3.8) is 0 Å². The molecule has 140 valence electrons. The van der Waals surface area contributed by atoms with Crippen LogP contribution in [-0.4, -0.2) is 44.2 Å². The Kier molecular flexibility index (Phi) is 4.66. The van der Waals surface area contributed by atoms with Gasteiger partial charge in [0.25, 0.3) is 0 Å². The lowest BCUT2D eigenvalue weighted by Gasteiger charge is -2.38. The Bertz CT molecular complexity index is 961. The van der Waals surface area contributed by atoms with Gasteiger partial charge in [0.2, 0.25) is 5.91 Å². The van der Waals surface area contributed by atoms with Gasteiger partial charge in [0.15, 0.2) is 0 Å². The molecule has 27 heavy (non-hydrogen) atoms. The first-order valence-electron chi connectivity index (χ1n) is 9.18. The number of fused-ring (bicyclic) bond motifs is 1. The lowest BCUT2D eigenvalue weighted by Crippen LogP contribution is -2.49. The molecule has 1 amide bonds. The van der Waals surface area contributed by atoms with Gasteiger partial charge in [-0.25, -0.2) is 4.39 Å².